The third-order valence-corrected chi connectivity index (χ3v) is 2.21. The van der Waals surface area contributed by atoms with Crippen molar-refractivity contribution in [3.8, 4) is 11.1 Å². The molecule has 2 heterocycles. The molecule has 0 atom stereocenters. The zero-order valence-electron chi connectivity index (χ0n) is 9.92. The van der Waals surface area contributed by atoms with Crippen LogP contribution < -0.4 is 10.6 Å². The van der Waals surface area contributed by atoms with E-state index in [1.54, 1.807) is 24.8 Å². The van der Waals surface area contributed by atoms with Gasteiger partial charge in [-0.25, -0.2) is 14.8 Å². The van der Waals surface area contributed by atoms with Crippen LogP contribution in [0.25, 0.3) is 11.1 Å². The van der Waals surface area contributed by atoms with Gasteiger partial charge in [0.15, 0.2) is 0 Å². The lowest BCUT2D eigenvalue weighted by molar-refractivity contribution is 0.252. The maximum absolute atomic E-state index is 11.3. The van der Waals surface area contributed by atoms with E-state index in [1.807, 2.05) is 19.1 Å². The highest BCUT2D eigenvalue weighted by Crippen LogP contribution is 2.15. The largest absolute Gasteiger partial charge is 0.338 e. The normalized spacial score (nSPS) is 9.83. The molecule has 18 heavy (non-hydrogen) atoms. The third kappa shape index (κ3) is 3.00. The molecule has 0 bridgehead atoms. The fourth-order valence-electron chi connectivity index (χ4n) is 1.38. The van der Waals surface area contributed by atoms with Crippen LogP contribution in [0, 0.1) is 0 Å². The van der Waals surface area contributed by atoms with Gasteiger partial charge in [-0.15, -0.1) is 0 Å². The summed E-state index contributed by atoms with van der Waals surface area (Å²) in [6.45, 7) is 2.39. The average molecular weight is 243 g/mol. The topological polar surface area (TPSA) is 79.8 Å². The second kappa shape index (κ2) is 5.72. The highest BCUT2D eigenvalue weighted by atomic mass is 16.2. The number of carbonyl (C=O) groups is 1. The lowest BCUT2D eigenvalue weighted by Gasteiger charge is -2.04. The molecule has 2 aromatic heterocycles. The van der Waals surface area contributed by atoms with Crippen molar-refractivity contribution >= 4 is 12.0 Å². The molecule has 0 saturated carbocycles. The lowest BCUT2D eigenvalue weighted by Crippen LogP contribution is -2.28. The summed E-state index contributed by atoms with van der Waals surface area (Å²) in [7, 11) is 0. The van der Waals surface area contributed by atoms with Crippen LogP contribution in [0.15, 0.2) is 36.9 Å². The number of carbonyl (C=O) groups excluding carboxylic acids is 1. The van der Waals surface area contributed by atoms with Crippen molar-refractivity contribution in [3.63, 3.8) is 0 Å². The van der Waals surface area contributed by atoms with Crippen molar-refractivity contribution in [1.29, 1.82) is 0 Å². The summed E-state index contributed by atoms with van der Waals surface area (Å²) in [5, 5.41) is 5.13. The SMILES string of the molecule is CCNC(=O)Nc1ncc(-c2cccnc2)cn1. The van der Waals surface area contributed by atoms with Gasteiger partial charge in [0, 0.05) is 42.5 Å². The number of pyridine rings is 1. The van der Waals surface area contributed by atoms with Crippen molar-refractivity contribution in [2.24, 2.45) is 0 Å². The molecule has 0 radical (unpaired) electrons. The van der Waals surface area contributed by atoms with E-state index in [0.717, 1.165) is 11.1 Å². The molecule has 2 N–H and O–H groups in total. The van der Waals surface area contributed by atoms with Crippen LogP contribution in [0.3, 0.4) is 0 Å². The predicted octanol–water partition coefficient (Wildman–Crippen LogP) is 1.68. The molecule has 2 aromatic rings. The Kier molecular flexibility index (Phi) is 3.80. The molecule has 0 saturated heterocycles. The van der Waals surface area contributed by atoms with Gasteiger partial charge < -0.3 is 5.32 Å². The second-order valence-corrected chi connectivity index (χ2v) is 3.52. The Morgan fingerprint density at radius 3 is 2.61 bits per heavy atom. The molecule has 0 unspecified atom stereocenters. The van der Waals surface area contributed by atoms with Crippen molar-refractivity contribution in [2.75, 3.05) is 11.9 Å². The van der Waals surface area contributed by atoms with Crippen molar-refractivity contribution < 1.29 is 4.79 Å². The summed E-state index contributed by atoms with van der Waals surface area (Å²) >= 11 is 0. The van der Waals surface area contributed by atoms with Gasteiger partial charge >= 0.3 is 6.03 Å². The van der Waals surface area contributed by atoms with Crippen LogP contribution in [-0.2, 0) is 0 Å². The number of hydrogen-bond donors (Lipinski definition) is 2. The Bertz CT molecular complexity index is 512. The summed E-state index contributed by atoms with van der Waals surface area (Å²) in [6, 6.07) is 3.45. The van der Waals surface area contributed by atoms with Gasteiger partial charge in [0.05, 0.1) is 0 Å². The molecule has 92 valence electrons. The fourth-order valence-corrected chi connectivity index (χ4v) is 1.38. The van der Waals surface area contributed by atoms with Gasteiger partial charge in [-0.05, 0) is 13.0 Å². The first-order chi connectivity index (χ1) is 8.79. The quantitative estimate of drug-likeness (QED) is 0.859. The molecular weight excluding hydrogens is 230 g/mol. The Morgan fingerprint density at radius 1 is 1.22 bits per heavy atom. The van der Waals surface area contributed by atoms with Crippen molar-refractivity contribution in [1.82, 2.24) is 20.3 Å². The number of urea groups is 1. The highest BCUT2D eigenvalue weighted by molar-refractivity contribution is 5.87. The number of aromatic nitrogens is 3. The molecule has 2 rings (SSSR count). The monoisotopic (exact) mass is 243 g/mol. The number of amides is 2. The standard InChI is InChI=1S/C12H13N5O/c1-2-14-12(18)17-11-15-7-10(8-16-11)9-4-3-5-13-6-9/h3-8H,2H2,1H3,(H2,14,15,16,17,18). The number of nitrogens with zero attached hydrogens (tertiary/aromatic N) is 3. The van der Waals surface area contributed by atoms with Crippen LogP contribution >= 0.6 is 0 Å². The second-order valence-electron chi connectivity index (χ2n) is 3.52. The lowest BCUT2D eigenvalue weighted by atomic mass is 10.2. The Balaban J connectivity index is 2.09. The van der Waals surface area contributed by atoms with Gasteiger partial charge in [0.1, 0.15) is 0 Å². The van der Waals surface area contributed by atoms with Gasteiger partial charge in [-0.2, -0.15) is 0 Å². The van der Waals surface area contributed by atoms with E-state index in [-0.39, 0.29) is 12.0 Å². The van der Waals surface area contributed by atoms with Crippen molar-refractivity contribution in [2.45, 2.75) is 6.92 Å². The zero-order valence-corrected chi connectivity index (χ0v) is 9.92. The average Bonchev–Trinajstić information content (AvgIpc) is 2.41. The molecule has 0 fully saturated rings. The summed E-state index contributed by atoms with van der Waals surface area (Å²) in [5.74, 6) is 0.272. The first-order valence-electron chi connectivity index (χ1n) is 5.57. The number of rotatable bonds is 3. The van der Waals surface area contributed by atoms with Crippen LogP contribution in [0.5, 0.6) is 0 Å². The van der Waals surface area contributed by atoms with Crippen molar-refractivity contribution in [3.05, 3.63) is 36.9 Å². The Morgan fingerprint density at radius 2 is 2.00 bits per heavy atom. The Labute approximate surface area is 105 Å². The molecular formula is C12H13N5O. The summed E-state index contributed by atoms with van der Waals surface area (Å²) in [5.41, 5.74) is 1.78. The molecule has 0 aliphatic heterocycles. The van der Waals surface area contributed by atoms with E-state index < -0.39 is 0 Å². The minimum Gasteiger partial charge on any atom is -0.338 e. The van der Waals surface area contributed by atoms with E-state index in [4.69, 9.17) is 0 Å². The molecule has 0 aliphatic carbocycles. The van der Waals surface area contributed by atoms with E-state index >= 15 is 0 Å². The van der Waals surface area contributed by atoms with E-state index in [2.05, 4.69) is 25.6 Å². The smallest absolute Gasteiger partial charge is 0.321 e. The zero-order chi connectivity index (χ0) is 12.8. The summed E-state index contributed by atoms with van der Waals surface area (Å²) < 4.78 is 0. The highest BCUT2D eigenvalue weighted by Gasteiger charge is 2.03. The van der Waals surface area contributed by atoms with Crippen LogP contribution in [0.2, 0.25) is 0 Å². The first-order valence-corrected chi connectivity index (χ1v) is 5.57. The minimum absolute atomic E-state index is 0.272. The molecule has 0 aliphatic rings. The molecule has 0 spiro atoms. The van der Waals surface area contributed by atoms with E-state index in [1.165, 1.54) is 0 Å². The molecule has 6 heteroatoms. The maximum Gasteiger partial charge on any atom is 0.321 e. The summed E-state index contributed by atoms with van der Waals surface area (Å²) in [6.07, 6.45) is 6.72. The van der Waals surface area contributed by atoms with Gasteiger partial charge in [-0.1, -0.05) is 6.07 Å². The third-order valence-electron chi connectivity index (χ3n) is 2.21. The number of nitrogens with one attached hydrogen (secondary N) is 2. The van der Waals surface area contributed by atoms with Crippen LogP contribution in [-0.4, -0.2) is 27.5 Å². The van der Waals surface area contributed by atoms with Gasteiger partial charge in [0.2, 0.25) is 5.95 Å². The number of hydrogen-bond acceptors (Lipinski definition) is 4. The van der Waals surface area contributed by atoms with Gasteiger partial charge in [-0.3, -0.25) is 10.3 Å². The van der Waals surface area contributed by atoms with Crippen LogP contribution in [0.4, 0.5) is 10.7 Å². The van der Waals surface area contributed by atoms with E-state index in [0.29, 0.717) is 6.54 Å². The first kappa shape index (κ1) is 12.0. The Hall–Kier alpha value is -2.50. The predicted molar refractivity (Wildman–Crippen MR) is 68.0 cm³/mol. The van der Waals surface area contributed by atoms with Crippen LogP contribution in [0.1, 0.15) is 6.92 Å². The van der Waals surface area contributed by atoms with Gasteiger partial charge in [0.25, 0.3) is 0 Å². The maximum atomic E-state index is 11.3. The molecule has 6 nitrogen and oxygen atoms in total. The summed E-state index contributed by atoms with van der Waals surface area (Å²) in [4.78, 5) is 23.4. The minimum atomic E-state index is -0.313. The number of anilines is 1. The van der Waals surface area contributed by atoms with E-state index in [9.17, 15) is 4.79 Å². The molecule has 2 amide bonds. The fraction of sp³-hybridized carbons (Fsp3) is 0.167. The molecule has 0 aromatic carbocycles.